The fourth-order valence-electron chi connectivity index (χ4n) is 4.06. The predicted molar refractivity (Wildman–Crippen MR) is 122 cm³/mol. The monoisotopic (exact) mass is 449 g/mol. The van der Waals surface area contributed by atoms with Gasteiger partial charge in [0.2, 0.25) is 5.91 Å². The van der Waals surface area contributed by atoms with Gasteiger partial charge in [-0.15, -0.1) is 0 Å². The van der Waals surface area contributed by atoms with Crippen molar-refractivity contribution in [1.29, 1.82) is 0 Å². The Labute approximate surface area is 188 Å². The third-order valence-corrected chi connectivity index (χ3v) is 5.76. The fraction of sp³-hybridized carbons (Fsp3) is 0.240. The molecule has 0 saturated heterocycles. The molecule has 2 N–H and O–H groups in total. The highest BCUT2D eigenvalue weighted by molar-refractivity contribution is 5.77. The van der Waals surface area contributed by atoms with E-state index in [4.69, 9.17) is 5.21 Å². The summed E-state index contributed by atoms with van der Waals surface area (Å²) in [5.41, 5.74) is 2.37. The number of nitrogens with zero attached hydrogens (tertiary/aromatic N) is 2. The maximum absolute atomic E-state index is 14.8. The van der Waals surface area contributed by atoms with Crippen LogP contribution in [0.1, 0.15) is 29.5 Å². The van der Waals surface area contributed by atoms with Gasteiger partial charge < -0.3 is 0 Å². The van der Waals surface area contributed by atoms with Gasteiger partial charge in [0, 0.05) is 12.1 Å². The number of benzene rings is 2. The summed E-state index contributed by atoms with van der Waals surface area (Å²) in [6.07, 6.45) is 5.43. The van der Waals surface area contributed by atoms with E-state index in [0.717, 1.165) is 5.56 Å². The summed E-state index contributed by atoms with van der Waals surface area (Å²) in [6, 6.07) is 13.9. The van der Waals surface area contributed by atoms with Crippen molar-refractivity contribution in [3.8, 4) is 0 Å². The van der Waals surface area contributed by atoms with Crippen molar-refractivity contribution < 1.29 is 14.4 Å². The van der Waals surface area contributed by atoms with E-state index in [1.165, 1.54) is 26.7 Å². The maximum Gasteiger partial charge on any atom is 0.331 e. The van der Waals surface area contributed by atoms with Crippen LogP contribution in [0, 0.1) is 5.82 Å². The molecule has 1 amide bonds. The molecule has 0 atom stereocenters. The Morgan fingerprint density at radius 3 is 2.48 bits per heavy atom. The van der Waals surface area contributed by atoms with Crippen LogP contribution in [0.15, 0.2) is 58.1 Å². The van der Waals surface area contributed by atoms with Gasteiger partial charge in [-0.1, -0.05) is 54.6 Å². The van der Waals surface area contributed by atoms with Crippen LogP contribution in [-0.4, -0.2) is 20.2 Å². The van der Waals surface area contributed by atoms with Crippen molar-refractivity contribution in [3.63, 3.8) is 0 Å². The molecular formula is C25H24FN3O4. The molecule has 3 aromatic rings. The summed E-state index contributed by atoms with van der Waals surface area (Å²) in [5.74, 6) is -1.22. The maximum atomic E-state index is 14.8. The molecule has 2 aromatic carbocycles. The number of hydrogen-bond acceptors (Lipinski definition) is 4. The number of aromatic nitrogens is 2. The van der Waals surface area contributed by atoms with Crippen LogP contribution in [-0.2, 0) is 30.7 Å². The van der Waals surface area contributed by atoms with Crippen molar-refractivity contribution in [3.05, 3.63) is 102 Å². The van der Waals surface area contributed by atoms with Gasteiger partial charge in [0.25, 0.3) is 5.56 Å². The molecule has 1 aliphatic rings. The fourth-order valence-corrected chi connectivity index (χ4v) is 4.06. The van der Waals surface area contributed by atoms with Crippen molar-refractivity contribution >= 4 is 18.1 Å². The topological polar surface area (TPSA) is 93.3 Å². The molecule has 0 fully saturated rings. The molecule has 0 bridgehead atoms. The van der Waals surface area contributed by atoms with Crippen molar-refractivity contribution in [1.82, 2.24) is 14.6 Å². The molecule has 1 heterocycles. The SMILES string of the molecule is O=C(Cc1ccc(Cn2c3c(c(=O)n(CCc4ccccc4)c2=O)=CCCC=3)c(F)c1)NO. The highest BCUT2D eigenvalue weighted by atomic mass is 19.1. The number of halogens is 1. The summed E-state index contributed by atoms with van der Waals surface area (Å²) in [4.78, 5) is 37.7. The van der Waals surface area contributed by atoms with Gasteiger partial charge in [-0.3, -0.25) is 23.9 Å². The van der Waals surface area contributed by atoms with Crippen LogP contribution in [0.5, 0.6) is 0 Å². The van der Waals surface area contributed by atoms with Gasteiger partial charge in [-0.25, -0.2) is 14.7 Å². The zero-order chi connectivity index (χ0) is 23.4. The van der Waals surface area contributed by atoms with E-state index in [-0.39, 0.29) is 30.6 Å². The Morgan fingerprint density at radius 2 is 1.76 bits per heavy atom. The number of carbonyl (C=O) groups excluding carboxylic acids is 1. The van der Waals surface area contributed by atoms with E-state index in [9.17, 15) is 18.8 Å². The lowest BCUT2D eigenvalue weighted by Crippen LogP contribution is -2.59. The number of carbonyl (C=O) groups is 1. The second kappa shape index (κ2) is 9.79. The average Bonchev–Trinajstić information content (AvgIpc) is 2.83. The van der Waals surface area contributed by atoms with Gasteiger partial charge >= 0.3 is 5.69 Å². The molecule has 0 aliphatic heterocycles. The Bertz CT molecular complexity index is 1420. The van der Waals surface area contributed by atoms with Gasteiger partial charge in [0.05, 0.1) is 23.5 Å². The van der Waals surface area contributed by atoms with E-state index >= 15 is 0 Å². The number of hydroxylamine groups is 1. The second-order valence-electron chi connectivity index (χ2n) is 7.98. The minimum atomic E-state index is -0.650. The Hall–Kier alpha value is -3.78. The van der Waals surface area contributed by atoms with Gasteiger partial charge in [-0.2, -0.15) is 0 Å². The number of nitrogens with one attached hydrogen (secondary N) is 1. The number of amides is 1. The summed E-state index contributed by atoms with van der Waals surface area (Å²) in [6.45, 7) is 0.177. The molecule has 33 heavy (non-hydrogen) atoms. The van der Waals surface area contributed by atoms with Gasteiger partial charge in [-0.05, 0) is 36.5 Å². The normalized spacial score (nSPS) is 12.4. The molecule has 0 saturated carbocycles. The number of aryl methyl sites for hydroxylation is 1. The molecule has 0 unspecified atom stereocenters. The highest BCUT2D eigenvalue weighted by Crippen LogP contribution is 2.12. The standard InChI is InChI=1S/C25H24FN3O4/c26-21-14-18(15-23(30)27-33)10-11-19(21)16-29-22-9-5-4-8-20(22)24(31)28(25(29)32)13-12-17-6-2-1-3-7-17/h1-3,6-11,14,33H,4-5,12-13,15-16H2,(H,27,30). The molecule has 8 heteroatoms. The first-order valence-electron chi connectivity index (χ1n) is 10.8. The molecule has 1 aliphatic carbocycles. The van der Waals surface area contributed by atoms with E-state index in [1.54, 1.807) is 6.07 Å². The largest absolute Gasteiger partial charge is 0.331 e. The van der Waals surface area contributed by atoms with Gasteiger partial charge in [0.15, 0.2) is 0 Å². The average molecular weight is 449 g/mol. The zero-order valence-electron chi connectivity index (χ0n) is 18.0. The summed E-state index contributed by atoms with van der Waals surface area (Å²) >= 11 is 0. The van der Waals surface area contributed by atoms with E-state index in [2.05, 4.69) is 0 Å². The number of hydrogen-bond donors (Lipinski definition) is 2. The molecular weight excluding hydrogens is 425 g/mol. The zero-order valence-corrected chi connectivity index (χ0v) is 18.0. The van der Waals surface area contributed by atoms with Crippen LogP contribution in [0.4, 0.5) is 4.39 Å². The third kappa shape index (κ3) is 4.85. The Kier molecular flexibility index (Phi) is 6.65. The predicted octanol–water partition coefficient (Wildman–Crippen LogP) is 0.843. The lowest BCUT2D eigenvalue weighted by molar-refractivity contribution is -0.128. The third-order valence-electron chi connectivity index (χ3n) is 5.76. The summed E-state index contributed by atoms with van der Waals surface area (Å²) in [5, 5.41) is 9.63. The Morgan fingerprint density at radius 1 is 1.00 bits per heavy atom. The van der Waals surface area contributed by atoms with E-state index in [1.807, 2.05) is 42.5 Å². The quantitative estimate of drug-likeness (QED) is 0.413. The lowest BCUT2D eigenvalue weighted by atomic mass is 10.1. The second-order valence-corrected chi connectivity index (χ2v) is 7.98. The molecule has 0 radical (unpaired) electrons. The van der Waals surface area contributed by atoms with Crippen molar-refractivity contribution in [2.24, 2.45) is 0 Å². The smallest absolute Gasteiger partial charge is 0.289 e. The van der Waals surface area contributed by atoms with E-state index < -0.39 is 17.4 Å². The minimum Gasteiger partial charge on any atom is -0.289 e. The van der Waals surface area contributed by atoms with Crippen LogP contribution in [0.3, 0.4) is 0 Å². The number of rotatable bonds is 7. The lowest BCUT2D eigenvalue weighted by Gasteiger charge is -2.15. The summed E-state index contributed by atoms with van der Waals surface area (Å²) in [7, 11) is 0. The minimum absolute atomic E-state index is 0.0462. The van der Waals surface area contributed by atoms with Crippen LogP contribution < -0.4 is 27.3 Å². The first kappa shape index (κ1) is 22.4. The van der Waals surface area contributed by atoms with Crippen LogP contribution >= 0.6 is 0 Å². The van der Waals surface area contributed by atoms with Crippen molar-refractivity contribution in [2.45, 2.75) is 38.8 Å². The van der Waals surface area contributed by atoms with Crippen LogP contribution in [0.25, 0.3) is 12.2 Å². The molecule has 4 rings (SSSR count). The molecule has 1 aromatic heterocycles. The molecule has 0 spiro atoms. The summed E-state index contributed by atoms with van der Waals surface area (Å²) < 4.78 is 17.5. The van der Waals surface area contributed by atoms with E-state index in [0.29, 0.717) is 35.4 Å². The number of fused-ring (bicyclic) bond motifs is 1. The molecule has 170 valence electrons. The Balaban J connectivity index is 1.73. The highest BCUT2D eigenvalue weighted by Gasteiger charge is 2.15. The first-order chi connectivity index (χ1) is 16.0. The van der Waals surface area contributed by atoms with Gasteiger partial charge in [0.1, 0.15) is 5.82 Å². The molecule has 7 nitrogen and oxygen atoms in total. The van der Waals surface area contributed by atoms with Crippen LogP contribution in [0.2, 0.25) is 0 Å². The van der Waals surface area contributed by atoms with Crippen molar-refractivity contribution in [2.75, 3.05) is 0 Å². The first-order valence-corrected chi connectivity index (χ1v) is 10.8.